The smallest absolute Gasteiger partial charge is 0.200 e. The molecule has 196 valence electrons. The maximum absolute atomic E-state index is 6.85. The molecule has 4 atom stereocenters. The predicted octanol–water partition coefficient (Wildman–Crippen LogP) is 8.62. The van der Waals surface area contributed by atoms with Crippen molar-refractivity contribution in [2.75, 3.05) is 0 Å². The highest BCUT2D eigenvalue weighted by atomic mass is 16.5. The van der Waals surface area contributed by atoms with E-state index in [4.69, 9.17) is 19.5 Å². The molecule has 2 aliphatic rings. The first-order chi connectivity index (χ1) is 19.2. The molecule has 0 radical (unpaired) electrons. The Morgan fingerprint density at radius 3 is 1.10 bits per heavy atom. The number of ether oxygens (including phenoxy) is 2. The quantitative estimate of drug-likeness (QED) is 0.236. The normalized spacial score (nSPS) is 22.5. The van der Waals surface area contributed by atoms with Crippen LogP contribution in [0.2, 0.25) is 0 Å². The summed E-state index contributed by atoms with van der Waals surface area (Å²) in [7, 11) is 0. The van der Waals surface area contributed by atoms with Crippen molar-refractivity contribution < 1.29 is 9.47 Å². The van der Waals surface area contributed by atoms with E-state index >= 15 is 0 Å². The molecule has 0 N–H and O–H groups in total. The van der Waals surface area contributed by atoms with Crippen molar-refractivity contribution in [2.45, 2.75) is 51.0 Å². The fraction of sp³-hybridized carbons (Fsp3) is 0.257. The second-order valence-corrected chi connectivity index (χ2v) is 10.3. The Balaban J connectivity index is 1.43. The maximum atomic E-state index is 6.85. The molecule has 0 unspecified atom stereocenters. The minimum atomic E-state index is -0.562. The van der Waals surface area contributed by atoms with Crippen molar-refractivity contribution in [3.05, 3.63) is 144 Å². The molecule has 0 aromatic heterocycles. The van der Waals surface area contributed by atoms with Gasteiger partial charge >= 0.3 is 0 Å². The van der Waals surface area contributed by atoms with Crippen LogP contribution in [0.5, 0.6) is 0 Å². The Labute approximate surface area is 231 Å². The van der Waals surface area contributed by atoms with Crippen LogP contribution >= 0.6 is 0 Å². The fourth-order valence-corrected chi connectivity index (χ4v) is 5.82. The van der Waals surface area contributed by atoms with E-state index in [0.717, 1.165) is 46.9 Å². The first-order valence-electron chi connectivity index (χ1n) is 13.9. The lowest BCUT2D eigenvalue weighted by molar-refractivity contribution is 0.152. The SMILES string of the molecule is CCC(CC)(C1=N[C@@H](c2ccccc2)[C@H](c2ccccc2)O1)C1=N[C@@H](c2ccccc2)[C@H](c2ccccc2)O1. The summed E-state index contributed by atoms with van der Waals surface area (Å²) >= 11 is 0. The van der Waals surface area contributed by atoms with Crippen LogP contribution in [-0.2, 0) is 9.47 Å². The van der Waals surface area contributed by atoms with E-state index in [1.807, 2.05) is 24.3 Å². The number of aliphatic imine (C=N–C) groups is 2. The largest absolute Gasteiger partial charge is 0.469 e. The number of hydrogen-bond donors (Lipinski definition) is 0. The zero-order valence-corrected chi connectivity index (χ0v) is 22.5. The van der Waals surface area contributed by atoms with Crippen molar-refractivity contribution >= 4 is 11.8 Å². The molecule has 0 fully saturated rings. The molecule has 0 aliphatic carbocycles. The minimum absolute atomic E-state index is 0.141. The van der Waals surface area contributed by atoms with E-state index in [1.165, 1.54) is 0 Å². The highest BCUT2D eigenvalue weighted by Gasteiger charge is 2.51. The lowest BCUT2D eigenvalue weighted by atomic mass is 9.81. The van der Waals surface area contributed by atoms with Gasteiger partial charge in [0.1, 0.15) is 17.5 Å². The van der Waals surface area contributed by atoms with Gasteiger partial charge in [-0.15, -0.1) is 0 Å². The van der Waals surface area contributed by atoms with Crippen LogP contribution in [-0.4, -0.2) is 11.8 Å². The third kappa shape index (κ3) is 4.65. The molecule has 0 saturated heterocycles. The maximum Gasteiger partial charge on any atom is 0.200 e. The Bertz CT molecular complexity index is 1320. The first-order valence-corrected chi connectivity index (χ1v) is 13.9. The topological polar surface area (TPSA) is 43.2 Å². The zero-order chi connectivity index (χ0) is 26.7. The summed E-state index contributed by atoms with van der Waals surface area (Å²) in [6, 6.07) is 41.4. The molecule has 2 heterocycles. The van der Waals surface area contributed by atoms with Gasteiger partial charge in [0.15, 0.2) is 12.2 Å². The summed E-state index contributed by atoms with van der Waals surface area (Å²) in [5, 5.41) is 0. The third-order valence-electron chi connectivity index (χ3n) is 8.13. The van der Waals surface area contributed by atoms with Gasteiger partial charge in [-0.3, -0.25) is 0 Å². The lowest BCUT2D eigenvalue weighted by Gasteiger charge is -2.31. The highest BCUT2D eigenvalue weighted by Crippen LogP contribution is 2.50. The molecule has 39 heavy (non-hydrogen) atoms. The van der Waals surface area contributed by atoms with Gasteiger partial charge < -0.3 is 9.47 Å². The average Bonchev–Trinajstić information content (AvgIpc) is 3.67. The minimum Gasteiger partial charge on any atom is -0.469 e. The summed E-state index contributed by atoms with van der Waals surface area (Å²) in [4.78, 5) is 10.6. The fourth-order valence-electron chi connectivity index (χ4n) is 5.82. The van der Waals surface area contributed by atoms with Crippen LogP contribution in [0.1, 0.15) is 73.2 Å². The Hall–Kier alpha value is -4.18. The molecular weight excluding hydrogens is 480 g/mol. The van der Waals surface area contributed by atoms with Crippen molar-refractivity contribution in [3.8, 4) is 0 Å². The molecule has 4 heteroatoms. The van der Waals surface area contributed by atoms with E-state index in [9.17, 15) is 0 Å². The molecule has 0 amide bonds. The summed E-state index contributed by atoms with van der Waals surface area (Å²) in [5.41, 5.74) is 3.95. The van der Waals surface area contributed by atoms with Gasteiger partial charge in [0.25, 0.3) is 0 Å². The van der Waals surface area contributed by atoms with Crippen molar-refractivity contribution in [1.29, 1.82) is 0 Å². The second-order valence-electron chi connectivity index (χ2n) is 10.3. The van der Waals surface area contributed by atoms with Gasteiger partial charge in [-0.25, -0.2) is 9.98 Å². The van der Waals surface area contributed by atoms with Crippen LogP contribution < -0.4 is 0 Å². The summed E-state index contributed by atoms with van der Waals surface area (Å²) in [5.74, 6) is 1.43. The van der Waals surface area contributed by atoms with Gasteiger partial charge in [0, 0.05) is 0 Å². The van der Waals surface area contributed by atoms with Crippen LogP contribution in [0.25, 0.3) is 0 Å². The second kappa shape index (κ2) is 10.9. The highest BCUT2D eigenvalue weighted by molar-refractivity contribution is 6.06. The standard InChI is InChI=1S/C35H34N2O2/c1-3-35(4-2,33-36-29(25-17-9-5-10-18-25)31(38-33)27-21-13-7-14-22-27)34-37-30(26-19-11-6-12-20-26)32(39-34)28-23-15-8-16-24-28/h5-24,29-32H,3-4H2,1-2H3/t29-,30-,31-,32-/m0/s1. The van der Waals surface area contributed by atoms with Gasteiger partial charge in [-0.05, 0) is 35.1 Å². The van der Waals surface area contributed by atoms with Gasteiger partial charge in [-0.1, -0.05) is 135 Å². The number of hydrogen-bond acceptors (Lipinski definition) is 4. The molecular formula is C35H34N2O2. The molecule has 0 saturated carbocycles. The van der Waals surface area contributed by atoms with Gasteiger partial charge in [-0.2, -0.15) is 0 Å². The molecule has 4 aromatic rings. The van der Waals surface area contributed by atoms with Crippen LogP contribution in [0, 0.1) is 5.41 Å². The van der Waals surface area contributed by atoms with Crippen LogP contribution in [0.15, 0.2) is 131 Å². The lowest BCUT2D eigenvalue weighted by Crippen LogP contribution is -2.39. The molecule has 4 nitrogen and oxygen atoms in total. The molecule has 2 aliphatic heterocycles. The van der Waals surface area contributed by atoms with Gasteiger partial charge in [0.05, 0.1) is 0 Å². The molecule has 0 spiro atoms. The van der Waals surface area contributed by atoms with E-state index in [2.05, 4.69) is 111 Å². The first kappa shape index (κ1) is 25.1. The van der Waals surface area contributed by atoms with Crippen molar-refractivity contribution in [1.82, 2.24) is 0 Å². The van der Waals surface area contributed by atoms with Crippen LogP contribution in [0.3, 0.4) is 0 Å². The zero-order valence-electron chi connectivity index (χ0n) is 22.5. The third-order valence-corrected chi connectivity index (χ3v) is 8.13. The predicted molar refractivity (Wildman–Crippen MR) is 157 cm³/mol. The van der Waals surface area contributed by atoms with Gasteiger partial charge in [0.2, 0.25) is 11.8 Å². The monoisotopic (exact) mass is 514 g/mol. The molecule has 4 aromatic carbocycles. The Morgan fingerprint density at radius 2 is 0.795 bits per heavy atom. The molecule has 0 bridgehead atoms. The molecule has 6 rings (SSSR count). The summed E-state index contributed by atoms with van der Waals surface area (Å²) in [6.45, 7) is 4.37. The number of rotatable bonds is 8. The number of nitrogens with zero attached hydrogens (tertiary/aromatic N) is 2. The number of benzene rings is 4. The Kier molecular flexibility index (Phi) is 7.02. The summed E-state index contributed by atoms with van der Waals surface area (Å²) in [6.07, 6.45) is 1.12. The van der Waals surface area contributed by atoms with Crippen molar-refractivity contribution in [2.24, 2.45) is 15.4 Å². The summed E-state index contributed by atoms with van der Waals surface area (Å²) < 4.78 is 13.7. The van der Waals surface area contributed by atoms with E-state index < -0.39 is 5.41 Å². The Morgan fingerprint density at radius 1 is 0.487 bits per heavy atom. The van der Waals surface area contributed by atoms with E-state index in [1.54, 1.807) is 0 Å². The van der Waals surface area contributed by atoms with Crippen molar-refractivity contribution in [3.63, 3.8) is 0 Å². The average molecular weight is 515 g/mol. The van der Waals surface area contributed by atoms with E-state index in [-0.39, 0.29) is 24.3 Å². The van der Waals surface area contributed by atoms with Crippen LogP contribution in [0.4, 0.5) is 0 Å². The van der Waals surface area contributed by atoms with E-state index in [0.29, 0.717) is 0 Å².